The molecule has 2 aromatic carbocycles. The minimum atomic E-state index is -3.55. The van der Waals surface area contributed by atoms with Crippen molar-refractivity contribution in [3.05, 3.63) is 53.1 Å². The molecule has 1 aliphatic rings. The normalized spacial score (nSPS) is 13.7. The summed E-state index contributed by atoms with van der Waals surface area (Å²) in [7, 11) is -3.55. The van der Waals surface area contributed by atoms with Gasteiger partial charge in [-0.05, 0) is 35.4 Å². The molecule has 5 nitrogen and oxygen atoms in total. The van der Waals surface area contributed by atoms with E-state index in [1.165, 1.54) is 0 Å². The van der Waals surface area contributed by atoms with Crippen molar-refractivity contribution in [1.29, 1.82) is 0 Å². The van der Waals surface area contributed by atoms with Gasteiger partial charge in [0, 0.05) is 6.07 Å². The first-order chi connectivity index (χ1) is 10.8. The van der Waals surface area contributed by atoms with Gasteiger partial charge in [0.2, 0.25) is 10.0 Å². The lowest BCUT2D eigenvalue weighted by Gasteiger charge is -2.14. The maximum absolute atomic E-state index is 13.8. The van der Waals surface area contributed by atoms with Crippen LogP contribution in [0.2, 0.25) is 0 Å². The van der Waals surface area contributed by atoms with E-state index in [4.69, 9.17) is 9.47 Å². The summed E-state index contributed by atoms with van der Waals surface area (Å²) in [4.78, 5) is 0. The zero-order chi connectivity index (χ0) is 16.6. The quantitative estimate of drug-likeness (QED) is 0.928. The molecule has 0 aromatic heterocycles. The molecule has 1 N–H and O–H groups in total. The van der Waals surface area contributed by atoms with Crippen LogP contribution in [0.25, 0.3) is 0 Å². The van der Waals surface area contributed by atoms with Gasteiger partial charge in [-0.1, -0.05) is 0 Å². The van der Waals surface area contributed by atoms with Gasteiger partial charge in [0.05, 0.1) is 25.2 Å². The smallest absolute Gasteiger partial charge is 0.229 e. The first kappa shape index (κ1) is 15.7. The standard InChI is InChI=1S/C15H13F2NO4S/c1-23(19,20)18-13-4-9-7-21-8-10(9)5-15(13)22-14-3-2-11(16)6-12(14)17/h2-6,18H,7-8H2,1H3. The van der Waals surface area contributed by atoms with E-state index in [1.54, 1.807) is 12.1 Å². The average molecular weight is 341 g/mol. The second-order valence-electron chi connectivity index (χ2n) is 5.16. The second kappa shape index (κ2) is 5.78. The van der Waals surface area contributed by atoms with Crippen LogP contribution in [-0.2, 0) is 28.0 Å². The largest absolute Gasteiger partial charge is 0.452 e. The molecule has 1 aliphatic heterocycles. The zero-order valence-electron chi connectivity index (χ0n) is 12.1. The third-order valence-electron chi connectivity index (χ3n) is 3.23. The van der Waals surface area contributed by atoms with Crippen LogP contribution in [0.1, 0.15) is 11.1 Å². The van der Waals surface area contributed by atoms with Gasteiger partial charge in [-0.3, -0.25) is 4.72 Å². The molecular formula is C15H13F2NO4S. The van der Waals surface area contributed by atoms with Crippen molar-refractivity contribution in [1.82, 2.24) is 0 Å². The van der Waals surface area contributed by atoms with Crippen molar-refractivity contribution >= 4 is 15.7 Å². The van der Waals surface area contributed by atoms with Crippen molar-refractivity contribution < 1.29 is 26.7 Å². The molecule has 0 atom stereocenters. The Morgan fingerprint density at radius 1 is 1.09 bits per heavy atom. The fourth-order valence-electron chi connectivity index (χ4n) is 2.25. The van der Waals surface area contributed by atoms with Crippen LogP contribution in [0, 0.1) is 11.6 Å². The van der Waals surface area contributed by atoms with Crippen LogP contribution < -0.4 is 9.46 Å². The monoisotopic (exact) mass is 341 g/mol. The molecule has 3 rings (SSSR count). The predicted octanol–water partition coefficient (Wildman–Crippen LogP) is 3.16. The predicted molar refractivity (Wildman–Crippen MR) is 79.8 cm³/mol. The number of anilines is 1. The third kappa shape index (κ3) is 3.59. The molecule has 2 aromatic rings. The summed E-state index contributed by atoms with van der Waals surface area (Å²) in [5.74, 6) is -1.70. The number of fused-ring (bicyclic) bond motifs is 1. The molecule has 0 bridgehead atoms. The van der Waals surface area contributed by atoms with Crippen LogP contribution >= 0.6 is 0 Å². The van der Waals surface area contributed by atoms with E-state index in [9.17, 15) is 17.2 Å². The number of rotatable bonds is 4. The summed E-state index contributed by atoms with van der Waals surface area (Å²) in [6.07, 6.45) is 0.999. The molecule has 0 amide bonds. The summed E-state index contributed by atoms with van der Waals surface area (Å²) in [5, 5.41) is 0. The molecule has 0 fully saturated rings. The number of sulfonamides is 1. The van der Waals surface area contributed by atoms with Crippen LogP contribution in [0.3, 0.4) is 0 Å². The van der Waals surface area contributed by atoms with Crippen LogP contribution in [0.5, 0.6) is 11.5 Å². The van der Waals surface area contributed by atoms with Crippen LogP contribution in [0.15, 0.2) is 30.3 Å². The number of hydrogen-bond acceptors (Lipinski definition) is 4. The Labute approximate surface area is 131 Å². The highest BCUT2D eigenvalue weighted by molar-refractivity contribution is 7.92. The van der Waals surface area contributed by atoms with Crippen molar-refractivity contribution in [3.8, 4) is 11.5 Å². The molecular weight excluding hydrogens is 328 g/mol. The van der Waals surface area contributed by atoms with Crippen molar-refractivity contribution in [2.45, 2.75) is 13.2 Å². The highest BCUT2D eigenvalue weighted by Crippen LogP contribution is 2.36. The fourth-order valence-corrected chi connectivity index (χ4v) is 2.81. The number of ether oxygens (including phenoxy) is 2. The second-order valence-corrected chi connectivity index (χ2v) is 6.91. The first-order valence-electron chi connectivity index (χ1n) is 6.66. The Morgan fingerprint density at radius 2 is 1.78 bits per heavy atom. The Hall–Kier alpha value is -2.19. The minimum Gasteiger partial charge on any atom is -0.452 e. The van der Waals surface area contributed by atoms with E-state index in [-0.39, 0.29) is 17.2 Å². The molecule has 23 heavy (non-hydrogen) atoms. The van der Waals surface area contributed by atoms with Gasteiger partial charge >= 0.3 is 0 Å². The highest BCUT2D eigenvalue weighted by atomic mass is 32.2. The van der Waals surface area contributed by atoms with E-state index in [2.05, 4.69) is 4.72 Å². The molecule has 0 unspecified atom stereocenters. The van der Waals surface area contributed by atoms with E-state index in [0.717, 1.165) is 29.5 Å². The molecule has 0 saturated carbocycles. The average Bonchev–Trinajstić information content (AvgIpc) is 2.87. The topological polar surface area (TPSA) is 64.6 Å². The van der Waals surface area contributed by atoms with Gasteiger partial charge in [-0.15, -0.1) is 0 Å². The zero-order valence-corrected chi connectivity index (χ0v) is 12.9. The van der Waals surface area contributed by atoms with Gasteiger partial charge in [0.25, 0.3) is 0 Å². The highest BCUT2D eigenvalue weighted by Gasteiger charge is 2.19. The molecule has 0 saturated heterocycles. The van der Waals surface area contributed by atoms with E-state index in [0.29, 0.717) is 19.3 Å². The van der Waals surface area contributed by atoms with E-state index < -0.39 is 21.7 Å². The van der Waals surface area contributed by atoms with E-state index in [1.807, 2.05) is 0 Å². The summed E-state index contributed by atoms with van der Waals surface area (Å²) >= 11 is 0. The Morgan fingerprint density at radius 3 is 2.43 bits per heavy atom. The third-order valence-corrected chi connectivity index (χ3v) is 3.82. The molecule has 0 aliphatic carbocycles. The van der Waals surface area contributed by atoms with Crippen LogP contribution in [-0.4, -0.2) is 14.7 Å². The molecule has 8 heteroatoms. The maximum Gasteiger partial charge on any atom is 0.229 e. The maximum atomic E-state index is 13.8. The Bertz CT molecular complexity index is 868. The lowest BCUT2D eigenvalue weighted by molar-refractivity contribution is 0.134. The van der Waals surface area contributed by atoms with Gasteiger partial charge in [0.15, 0.2) is 17.3 Å². The first-order valence-corrected chi connectivity index (χ1v) is 8.55. The Balaban J connectivity index is 2.02. The van der Waals surface area contributed by atoms with Gasteiger partial charge in [0.1, 0.15) is 5.82 Å². The van der Waals surface area contributed by atoms with Crippen molar-refractivity contribution in [2.75, 3.05) is 11.0 Å². The summed E-state index contributed by atoms with van der Waals surface area (Å²) < 4.78 is 62.8. The summed E-state index contributed by atoms with van der Waals surface area (Å²) in [6, 6.07) is 6.05. The number of benzene rings is 2. The summed E-state index contributed by atoms with van der Waals surface area (Å²) in [6.45, 7) is 0.718. The van der Waals surface area contributed by atoms with Gasteiger partial charge in [-0.25, -0.2) is 17.2 Å². The molecule has 0 radical (unpaired) electrons. The fraction of sp³-hybridized carbons (Fsp3) is 0.200. The molecule has 1 heterocycles. The number of hydrogen-bond donors (Lipinski definition) is 1. The lowest BCUT2D eigenvalue weighted by Crippen LogP contribution is -2.11. The van der Waals surface area contributed by atoms with E-state index >= 15 is 0 Å². The minimum absolute atomic E-state index is 0.116. The number of nitrogens with one attached hydrogen (secondary N) is 1. The van der Waals surface area contributed by atoms with Gasteiger partial charge in [-0.2, -0.15) is 0 Å². The Kier molecular flexibility index (Phi) is 3.95. The van der Waals surface area contributed by atoms with Gasteiger partial charge < -0.3 is 9.47 Å². The molecule has 0 spiro atoms. The molecule has 122 valence electrons. The lowest BCUT2D eigenvalue weighted by atomic mass is 10.1. The summed E-state index contributed by atoms with van der Waals surface area (Å²) in [5.41, 5.74) is 1.81. The SMILES string of the molecule is CS(=O)(=O)Nc1cc2c(cc1Oc1ccc(F)cc1F)COC2. The van der Waals surface area contributed by atoms with Crippen LogP contribution in [0.4, 0.5) is 14.5 Å². The number of halogens is 2. The van der Waals surface area contributed by atoms with Crippen molar-refractivity contribution in [3.63, 3.8) is 0 Å². The van der Waals surface area contributed by atoms with Crippen molar-refractivity contribution in [2.24, 2.45) is 0 Å².